The number of nitrogens with one attached hydrogen (secondary N) is 3. The number of aromatic nitrogens is 1. The van der Waals surface area contributed by atoms with Gasteiger partial charge < -0.3 is 30.2 Å². The van der Waals surface area contributed by atoms with Crippen LogP contribution in [0.3, 0.4) is 0 Å². The van der Waals surface area contributed by atoms with E-state index in [1.54, 1.807) is 42.6 Å². The van der Waals surface area contributed by atoms with Crippen molar-refractivity contribution < 1.29 is 23.8 Å². The van der Waals surface area contributed by atoms with E-state index in [0.717, 1.165) is 32.3 Å². The molecule has 1 atom stereocenters. The minimum atomic E-state index is -0.285. The summed E-state index contributed by atoms with van der Waals surface area (Å²) in [6, 6.07) is 10.1. The normalized spacial score (nSPS) is 17.0. The molecule has 188 valence electrons. The Morgan fingerprint density at radius 3 is 2.72 bits per heavy atom. The molecule has 1 aliphatic carbocycles. The second kappa shape index (κ2) is 10.6. The average Bonchev–Trinajstić information content (AvgIpc) is 3.53. The van der Waals surface area contributed by atoms with E-state index in [4.69, 9.17) is 25.8 Å². The zero-order valence-electron chi connectivity index (χ0n) is 19.8. The number of fused-ring (bicyclic) bond motifs is 1. The topological polar surface area (TPSA) is 111 Å². The molecule has 1 saturated heterocycles. The average molecular weight is 511 g/mol. The number of benzene rings is 2. The van der Waals surface area contributed by atoms with Crippen LogP contribution in [0, 0.1) is 0 Å². The highest BCUT2D eigenvalue weighted by Crippen LogP contribution is 2.35. The fraction of sp³-hybridized carbons (Fsp3) is 0.346. The molecular formula is C26H27ClN4O5. The first kappa shape index (κ1) is 24.1. The molecule has 2 aliphatic rings. The summed E-state index contributed by atoms with van der Waals surface area (Å²) in [5, 5.41) is 9.52. The third kappa shape index (κ3) is 5.63. The molecule has 5 rings (SSSR count). The first-order chi connectivity index (χ1) is 17.5. The standard InChI is InChI=1S/C26H27ClN4O5/c1-34-24-13-22-18(12-19(24)25(32)29-14-17-3-2-10-35-17)23(8-9-28-22)36-16-6-7-21(20(27)11-16)31-26(33)30-15-4-5-15/h6-9,11-13,15,17H,2-5,10,14H2,1H3,(H,29,32)(H2,30,31,33). The molecule has 3 aromatic rings. The molecule has 0 spiro atoms. The predicted molar refractivity (Wildman–Crippen MR) is 136 cm³/mol. The van der Waals surface area contributed by atoms with Crippen LogP contribution in [0.4, 0.5) is 10.5 Å². The number of pyridine rings is 1. The number of halogens is 1. The summed E-state index contributed by atoms with van der Waals surface area (Å²) >= 11 is 6.39. The first-order valence-corrected chi connectivity index (χ1v) is 12.3. The second-order valence-electron chi connectivity index (χ2n) is 8.84. The van der Waals surface area contributed by atoms with Crippen LogP contribution in [-0.2, 0) is 4.74 Å². The summed E-state index contributed by atoms with van der Waals surface area (Å²) in [6.45, 7) is 1.16. The van der Waals surface area contributed by atoms with Crippen molar-refractivity contribution in [3.63, 3.8) is 0 Å². The lowest BCUT2D eigenvalue weighted by atomic mass is 10.1. The van der Waals surface area contributed by atoms with Crippen molar-refractivity contribution in [2.24, 2.45) is 0 Å². The highest BCUT2D eigenvalue weighted by Gasteiger charge is 2.24. The Labute approximate surface area is 213 Å². The van der Waals surface area contributed by atoms with E-state index in [2.05, 4.69) is 20.9 Å². The van der Waals surface area contributed by atoms with Crippen molar-refractivity contribution >= 4 is 40.1 Å². The van der Waals surface area contributed by atoms with Gasteiger partial charge in [0.05, 0.1) is 35.0 Å². The molecule has 1 unspecified atom stereocenters. The lowest BCUT2D eigenvalue weighted by Gasteiger charge is -2.15. The van der Waals surface area contributed by atoms with Crippen molar-refractivity contribution in [3.8, 4) is 17.2 Å². The molecule has 3 N–H and O–H groups in total. The molecule has 2 fully saturated rings. The molecule has 1 saturated carbocycles. The molecule has 36 heavy (non-hydrogen) atoms. The molecule has 1 aromatic heterocycles. The van der Waals surface area contributed by atoms with E-state index in [9.17, 15) is 9.59 Å². The number of nitrogens with zero attached hydrogens (tertiary/aromatic N) is 1. The van der Waals surface area contributed by atoms with Crippen molar-refractivity contribution in [3.05, 3.63) is 53.2 Å². The molecule has 9 nitrogen and oxygen atoms in total. The number of rotatable bonds is 8. The SMILES string of the molecule is COc1cc2nccc(Oc3ccc(NC(=O)NC4CC4)c(Cl)c3)c2cc1C(=O)NCC1CCCO1. The van der Waals surface area contributed by atoms with Gasteiger partial charge in [0.15, 0.2) is 0 Å². The molecule has 0 bridgehead atoms. The number of hydrogen-bond acceptors (Lipinski definition) is 6. The van der Waals surface area contributed by atoms with E-state index < -0.39 is 0 Å². The van der Waals surface area contributed by atoms with Gasteiger partial charge >= 0.3 is 6.03 Å². The van der Waals surface area contributed by atoms with E-state index in [1.807, 2.05) is 0 Å². The van der Waals surface area contributed by atoms with E-state index in [1.165, 1.54) is 7.11 Å². The minimum Gasteiger partial charge on any atom is -0.496 e. The van der Waals surface area contributed by atoms with Crippen LogP contribution in [0.15, 0.2) is 42.6 Å². The monoisotopic (exact) mass is 510 g/mol. The van der Waals surface area contributed by atoms with Crippen LogP contribution in [0.25, 0.3) is 10.9 Å². The van der Waals surface area contributed by atoms with E-state index in [0.29, 0.717) is 51.0 Å². The Kier molecular flexibility index (Phi) is 7.11. The van der Waals surface area contributed by atoms with Crippen LogP contribution in [0.5, 0.6) is 17.2 Å². The van der Waals surface area contributed by atoms with Crippen LogP contribution < -0.4 is 25.4 Å². The largest absolute Gasteiger partial charge is 0.496 e. The second-order valence-corrected chi connectivity index (χ2v) is 9.25. The first-order valence-electron chi connectivity index (χ1n) is 11.9. The molecule has 2 heterocycles. The quantitative estimate of drug-likeness (QED) is 0.398. The lowest BCUT2D eigenvalue weighted by Crippen LogP contribution is -2.32. The molecule has 1 aliphatic heterocycles. The fourth-order valence-electron chi connectivity index (χ4n) is 4.05. The highest BCUT2D eigenvalue weighted by atomic mass is 35.5. The third-order valence-electron chi connectivity index (χ3n) is 6.11. The summed E-state index contributed by atoms with van der Waals surface area (Å²) < 4.78 is 17.2. The number of carbonyl (C=O) groups excluding carboxylic acids is 2. The highest BCUT2D eigenvalue weighted by molar-refractivity contribution is 6.33. The van der Waals surface area contributed by atoms with Crippen LogP contribution >= 0.6 is 11.6 Å². The van der Waals surface area contributed by atoms with Crippen molar-refractivity contribution in [1.29, 1.82) is 0 Å². The Bertz CT molecular complexity index is 1290. The Balaban J connectivity index is 1.36. The summed E-state index contributed by atoms with van der Waals surface area (Å²) in [5.41, 5.74) is 1.47. The van der Waals surface area contributed by atoms with Gasteiger partial charge in [-0.1, -0.05) is 11.6 Å². The third-order valence-corrected chi connectivity index (χ3v) is 6.42. The Morgan fingerprint density at radius 2 is 2.00 bits per heavy atom. The zero-order valence-corrected chi connectivity index (χ0v) is 20.6. The number of carbonyl (C=O) groups is 2. The smallest absolute Gasteiger partial charge is 0.319 e. The van der Waals surface area contributed by atoms with E-state index >= 15 is 0 Å². The molecule has 3 amide bonds. The van der Waals surface area contributed by atoms with Crippen LogP contribution in [0.1, 0.15) is 36.0 Å². The van der Waals surface area contributed by atoms with Crippen molar-refractivity contribution in [2.75, 3.05) is 25.6 Å². The maximum absolute atomic E-state index is 13.0. The maximum Gasteiger partial charge on any atom is 0.319 e. The summed E-state index contributed by atoms with van der Waals surface area (Å²) in [7, 11) is 1.51. The van der Waals surface area contributed by atoms with E-state index in [-0.39, 0.29) is 24.1 Å². The summed E-state index contributed by atoms with van der Waals surface area (Å²) in [6.07, 6.45) is 5.58. The molecular weight excluding hydrogens is 484 g/mol. The van der Waals surface area contributed by atoms with Gasteiger partial charge in [-0.15, -0.1) is 0 Å². The Hall–Kier alpha value is -3.56. The van der Waals surface area contributed by atoms with Gasteiger partial charge in [-0.2, -0.15) is 0 Å². The maximum atomic E-state index is 13.0. The number of hydrogen-bond donors (Lipinski definition) is 3. The van der Waals surface area contributed by atoms with Gasteiger partial charge in [0.1, 0.15) is 17.2 Å². The summed E-state index contributed by atoms with van der Waals surface area (Å²) in [4.78, 5) is 29.4. The number of amides is 3. The number of anilines is 1. The number of methoxy groups -OCH3 is 1. The predicted octanol–water partition coefficient (Wildman–Crippen LogP) is 4.88. The van der Waals surface area contributed by atoms with Crippen LogP contribution in [0.2, 0.25) is 5.02 Å². The van der Waals surface area contributed by atoms with Crippen molar-refractivity contribution in [2.45, 2.75) is 37.8 Å². The number of urea groups is 1. The fourth-order valence-corrected chi connectivity index (χ4v) is 4.27. The number of ether oxygens (including phenoxy) is 3. The van der Waals surface area contributed by atoms with Crippen LogP contribution in [-0.4, -0.2) is 49.3 Å². The zero-order chi connectivity index (χ0) is 25.1. The van der Waals surface area contributed by atoms with Gasteiger partial charge in [-0.25, -0.2) is 4.79 Å². The molecule has 2 aromatic carbocycles. The lowest BCUT2D eigenvalue weighted by molar-refractivity contribution is 0.0855. The minimum absolute atomic E-state index is 0.0305. The summed E-state index contributed by atoms with van der Waals surface area (Å²) in [5.74, 6) is 1.13. The van der Waals surface area contributed by atoms with Gasteiger partial charge in [-0.05, 0) is 49.9 Å². The van der Waals surface area contributed by atoms with Gasteiger partial charge in [0.2, 0.25) is 0 Å². The Morgan fingerprint density at radius 1 is 1.14 bits per heavy atom. The van der Waals surface area contributed by atoms with Gasteiger partial charge in [-0.3, -0.25) is 9.78 Å². The molecule has 0 radical (unpaired) electrons. The van der Waals surface area contributed by atoms with Crippen molar-refractivity contribution in [1.82, 2.24) is 15.6 Å². The van der Waals surface area contributed by atoms with Gasteiger partial charge in [0.25, 0.3) is 5.91 Å². The van der Waals surface area contributed by atoms with Gasteiger partial charge in [0, 0.05) is 42.9 Å². The molecule has 10 heteroatoms.